The molecule has 0 saturated heterocycles. The molecule has 0 aliphatic carbocycles. The summed E-state index contributed by atoms with van der Waals surface area (Å²) in [6.07, 6.45) is -1.70. The van der Waals surface area contributed by atoms with Gasteiger partial charge in [0.25, 0.3) is 0 Å². The zero-order valence-electron chi connectivity index (χ0n) is 9.91. The van der Waals surface area contributed by atoms with Crippen LogP contribution in [0.4, 0.5) is 0 Å². The molecule has 0 aliphatic heterocycles. The smallest absolute Gasteiger partial charge is 0.308 e. The van der Waals surface area contributed by atoms with E-state index in [0.717, 1.165) is 0 Å². The maximum atomic E-state index is 11.2. The fourth-order valence-corrected chi connectivity index (χ4v) is 1.43. The number of aliphatic hydroxyl groups excluding tert-OH is 2. The van der Waals surface area contributed by atoms with Crippen molar-refractivity contribution in [2.45, 2.75) is 25.6 Å². The number of pyridine rings is 1. The van der Waals surface area contributed by atoms with Crippen molar-refractivity contribution in [3.8, 4) is 6.07 Å². The second-order valence-electron chi connectivity index (χ2n) is 3.57. The number of nitriles is 1. The summed E-state index contributed by atoms with van der Waals surface area (Å²) in [7, 11) is 0. The quantitative estimate of drug-likeness (QED) is 0.728. The fraction of sp³-hybridized carbons (Fsp3) is 0.417. The minimum absolute atomic E-state index is 0.0526. The van der Waals surface area contributed by atoms with Gasteiger partial charge in [0.2, 0.25) is 0 Å². The van der Waals surface area contributed by atoms with Crippen molar-refractivity contribution in [3.63, 3.8) is 0 Å². The molecule has 2 atom stereocenters. The van der Waals surface area contributed by atoms with E-state index >= 15 is 0 Å². The maximum Gasteiger partial charge on any atom is 0.308 e. The molecule has 0 amide bonds. The highest BCUT2D eigenvalue weighted by Gasteiger charge is 2.25. The number of carbonyl (C=O) groups excluding carboxylic acids is 1. The Kier molecular flexibility index (Phi) is 5.24. The second kappa shape index (κ2) is 6.69. The number of aromatic nitrogens is 1. The lowest BCUT2D eigenvalue weighted by Gasteiger charge is -2.17. The minimum Gasteiger partial charge on any atom is -0.466 e. The van der Waals surface area contributed by atoms with Crippen LogP contribution in [-0.4, -0.2) is 33.9 Å². The first-order chi connectivity index (χ1) is 8.60. The third kappa shape index (κ3) is 3.52. The van der Waals surface area contributed by atoms with Crippen LogP contribution in [0, 0.1) is 11.3 Å². The Bertz CT molecular complexity index is 456. The molecule has 6 nitrogen and oxygen atoms in total. The molecule has 1 aromatic rings. The number of hydrogen-bond donors (Lipinski definition) is 2. The average Bonchev–Trinajstić information content (AvgIpc) is 2.38. The molecule has 0 aromatic carbocycles. The summed E-state index contributed by atoms with van der Waals surface area (Å²) < 4.78 is 4.66. The molecule has 0 aliphatic rings. The molecule has 0 radical (unpaired) electrons. The maximum absolute atomic E-state index is 11.2. The van der Waals surface area contributed by atoms with Crippen LogP contribution in [0.15, 0.2) is 18.3 Å². The second-order valence-corrected chi connectivity index (χ2v) is 3.57. The van der Waals surface area contributed by atoms with Gasteiger partial charge in [-0.3, -0.25) is 9.78 Å². The van der Waals surface area contributed by atoms with E-state index in [2.05, 4.69) is 9.72 Å². The molecular formula is C12H14N2O4. The first-order valence-corrected chi connectivity index (χ1v) is 5.46. The van der Waals surface area contributed by atoms with Gasteiger partial charge in [-0.25, -0.2) is 0 Å². The molecule has 0 fully saturated rings. The van der Waals surface area contributed by atoms with Gasteiger partial charge in [0.1, 0.15) is 12.2 Å². The lowest BCUT2D eigenvalue weighted by molar-refractivity contribution is -0.147. The molecular weight excluding hydrogens is 236 g/mol. The number of carbonyl (C=O) groups is 1. The molecule has 1 rings (SSSR count). The molecule has 1 heterocycles. The van der Waals surface area contributed by atoms with Crippen LogP contribution < -0.4 is 0 Å². The summed E-state index contributed by atoms with van der Waals surface area (Å²) in [6.45, 7) is 1.85. The third-order valence-corrected chi connectivity index (χ3v) is 2.28. The van der Waals surface area contributed by atoms with E-state index in [9.17, 15) is 15.0 Å². The number of nitrogens with zero attached hydrogens (tertiary/aromatic N) is 2. The average molecular weight is 250 g/mol. The van der Waals surface area contributed by atoms with Crippen LogP contribution >= 0.6 is 0 Å². The molecule has 2 unspecified atom stereocenters. The topological polar surface area (TPSA) is 103 Å². The van der Waals surface area contributed by atoms with Crippen molar-refractivity contribution in [3.05, 3.63) is 29.6 Å². The van der Waals surface area contributed by atoms with Crippen molar-refractivity contribution in [1.29, 1.82) is 5.26 Å². The van der Waals surface area contributed by atoms with Gasteiger partial charge in [0.05, 0.1) is 30.4 Å². The van der Waals surface area contributed by atoms with Gasteiger partial charge in [-0.05, 0) is 19.1 Å². The predicted molar refractivity (Wildman–Crippen MR) is 61.2 cm³/mol. The molecule has 18 heavy (non-hydrogen) atoms. The Labute approximate surface area is 104 Å². The molecule has 0 bridgehead atoms. The zero-order chi connectivity index (χ0) is 13.5. The summed E-state index contributed by atoms with van der Waals surface area (Å²) in [4.78, 5) is 15.0. The lowest BCUT2D eigenvalue weighted by Crippen LogP contribution is -2.24. The summed E-state index contributed by atoms with van der Waals surface area (Å²) in [6, 6.07) is 4.88. The summed E-state index contributed by atoms with van der Waals surface area (Å²) in [5, 5.41) is 28.4. The zero-order valence-corrected chi connectivity index (χ0v) is 9.91. The SMILES string of the molecule is CCOC(=O)CC(O)C(O)c1ncccc1C#N. The van der Waals surface area contributed by atoms with E-state index < -0.39 is 18.2 Å². The monoisotopic (exact) mass is 250 g/mol. The van der Waals surface area contributed by atoms with E-state index in [1.54, 1.807) is 13.0 Å². The number of ether oxygens (including phenoxy) is 1. The van der Waals surface area contributed by atoms with Crippen molar-refractivity contribution < 1.29 is 19.7 Å². The van der Waals surface area contributed by atoms with Gasteiger partial charge in [-0.15, -0.1) is 0 Å². The van der Waals surface area contributed by atoms with Crippen LogP contribution in [0.2, 0.25) is 0 Å². The van der Waals surface area contributed by atoms with E-state index in [1.807, 2.05) is 6.07 Å². The summed E-state index contributed by atoms with van der Waals surface area (Å²) in [5.74, 6) is -0.613. The van der Waals surface area contributed by atoms with Gasteiger partial charge in [0, 0.05) is 6.20 Å². The summed E-state index contributed by atoms with van der Waals surface area (Å²) in [5.41, 5.74) is 0.213. The number of rotatable bonds is 5. The minimum atomic E-state index is -1.40. The van der Waals surface area contributed by atoms with Gasteiger partial charge in [-0.2, -0.15) is 5.26 Å². The van der Waals surface area contributed by atoms with E-state index in [0.29, 0.717) is 0 Å². The van der Waals surface area contributed by atoms with E-state index in [1.165, 1.54) is 12.3 Å². The highest BCUT2D eigenvalue weighted by molar-refractivity contribution is 5.70. The molecule has 0 saturated carbocycles. The van der Waals surface area contributed by atoms with Crippen molar-refractivity contribution in [1.82, 2.24) is 4.98 Å². The molecule has 0 spiro atoms. The highest BCUT2D eigenvalue weighted by atomic mass is 16.5. The third-order valence-electron chi connectivity index (χ3n) is 2.28. The lowest BCUT2D eigenvalue weighted by atomic mass is 10.0. The van der Waals surface area contributed by atoms with Crippen LogP contribution in [-0.2, 0) is 9.53 Å². The Morgan fingerprint density at radius 2 is 2.33 bits per heavy atom. The van der Waals surface area contributed by atoms with Crippen LogP contribution in [0.5, 0.6) is 0 Å². The Balaban J connectivity index is 2.77. The van der Waals surface area contributed by atoms with Crippen molar-refractivity contribution in [2.24, 2.45) is 0 Å². The van der Waals surface area contributed by atoms with Gasteiger partial charge in [-0.1, -0.05) is 0 Å². The Hall–Kier alpha value is -1.97. The largest absolute Gasteiger partial charge is 0.466 e. The Morgan fingerprint density at radius 3 is 2.94 bits per heavy atom. The van der Waals surface area contributed by atoms with E-state index in [4.69, 9.17) is 5.26 Å². The van der Waals surface area contributed by atoms with Crippen molar-refractivity contribution in [2.75, 3.05) is 6.61 Å². The predicted octanol–water partition coefficient (Wildman–Crippen LogP) is 0.301. The van der Waals surface area contributed by atoms with Crippen LogP contribution in [0.25, 0.3) is 0 Å². The normalized spacial score (nSPS) is 13.4. The molecule has 96 valence electrons. The first kappa shape index (κ1) is 14.1. The summed E-state index contributed by atoms with van der Waals surface area (Å²) >= 11 is 0. The molecule has 2 N–H and O–H groups in total. The van der Waals surface area contributed by atoms with Gasteiger partial charge < -0.3 is 14.9 Å². The fourth-order valence-electron chi connectivity index (χ4n) is 1.43. The first-order valence-electron chi connectivity index (χ1n) is 5.46. The number of hydrogen-bond acceptors (Lipinski definition) is 6. The standard InChI is InChI=1S/C12H14N2O4/c1-2-18-10(16)6-9(15)12(17)11-8(7-13)4-3-5-14-11/h3-5,9,12,15,17H,2,6H2,1H3. The van der Waals surface area contributed by atoms with Gasteiger partial charge in [0.15, 0.2) is 0 Å². The Morgan fingerprint density at radius 1 is 1.61 bits per heavy atom. The highest BCUT2D eigenvalue weighted by Crippen LogP contribution is 2.20. The van der Waals surface area contributed by atoms with Gasteiger partial charge >= 0.3 is 5.97 Å². The van der Waals surface area contributed by atoms with E-state index in [-0.39, 0.29) is 24.3 Å². The van der Waals surface area contributed by atoms with Crippen LogP contribution in [0.1, 0.15) is 30.7 Å². The molecule has 1 aromatic heterocycles. The number of aliphatic hydroxyl groups is 2. The van der Waals surface area contributed by atoms with Crippen LogP contribution in [0.3, 0.4) is 0 Å². The van der Waals surface area contributed by atoms with Crippen molar-refractivity contribution >= 4 is 5.97 Å². The molecule has 6 heteroatoms. The number of esters is 1.